The van der Waals surface area contributed by atoms with Crippen molar-refractivity contribution in [2.24, 2.45) is 0 Å². The van der Waals surface area contributed by atoms with Gasteiger partial charge in [-0.3, -0.25) is 9.80 Å². The highest BCUT2D eigenvalue weighted by Gasteiger charge is 2.52. The Labute approximate surface area is 164 Å². The number of rotatable bonds is 4. The second kappa shape index (κ2) is 7.49. The van der Waals surface area contributed by atoms with E-state index in [2.05, 4.69) is 61.8 Å². The van der Waals surface area contributed by atoms with E-state index in [1.54, 1.807) is 0 Å². The molecule has 3 fully saturated rings. The standard InChI is InChI=1S/C21H33BN2O3/c1-20(2)21(3,4)27-22(26-20)19-8-6-5-7-17(19)15-23-10-9-18(16-23)24-11-13-25-14-12-24/h5-8,18H,9-16H2,1-4H3. The maximum absolute atomic E-state index is 6.31. The van der Waals surface area contributed by atoms with Crippen molar-refractivity contribution in [1.29, 1.82) is 0 Å². The molecule has 4 rings (SSSR count). The van der Waals surface area contributed by atoms with Crippen LogP contribution in [-0.2, 0) is 20.6 Å². The second-order valence-corrected chi connectivity index (χ2v) is 9.11. The Bertz CT molecular complexity index is 645. The monoisotopic (exact) mass is 372 g/mol. The molecular weight excluding hydrogens is 339 g/mol. The summed E-state index contributed by atoms with van der Waals surface area (Å²) in [5.41, 5.74) is 1.88. The molecule has 1 unspecified atom stereocenters. The predicted octanol–water partition coefficient (Wildman–Crippen LogP) is 1.89. The van der Waals surface area contributed by atoms with Gasteiger partial charge in [0.1, 0.15) is 0 Å². The number of ether oxygens (including phenoxy) is 1. The van der Waals surface area contributed by atoms with Crippen LogP contribution in [0, 0.1) is 0 Å². The van der Waals surface area contributed by atoms with Crippen LogP contribution in [0.15, 0.2) is 24.3 Å². The molecule has 3 saturated heterocycles. The van der Waals surface area contributed by atoms with Crippen LogP contribution in [0.25, 0.3) is 0 Å². The minimum Gasteiger partial charge on any atom is -0.399 e. The first-order valence-electron chi connectivity index (χ1n) is 10.3. The molecule has 148 valence electrons. The average Bonchev–Trinajstić information content (AvgIpc) is 3.18. The maximum atomic E-state index is 6.31. The molecule has 0 aliphatic carbocycles. The van der Waals surface area contributed by atoms with Crippen LogP contribution in [0.4, 0.5) is 0 Å². The van der Waals surface area contributed by atoms with Gasteiger partial charge in [-0.1, -0.05) is 24.3 Å². The van der Waals surface area contributed by atoms with Gasteiger partial charge in [0.2, 0.25) is 0 Å². The molecule has 0 radical (unpaired) electrons. The Hall–Kier alpha value is -0.915. The zero-order chi connectivity index (χ0) is 19.1. The van der Waals surface area contributed by atoms with E-state index in [1.807, 2.05) is 0 Å². The van der Waals surface area contributed by atoms with Crippen molar-refractivity contribution >= 4 is 12.6 Å². The van der Waals surface area contributed by atoms with E-state index < -0.39 is 0 Å². The van der Waals surface area contributed by atoms with Crippen molar-refractivity contribution < 1.29 is 14.0 Å². The molecule has 3 heterocycles. The second-order valence-electron chi connectivity index (χ2n) is 9.11. The molecule has 3 aliphatic rings. The predicted molar refractivity (Wildman–Crippen MR) is 108 cm³/mol. The lowest BCUT2D eigenvalue weighted by atomic mass is 9.76. The fraction of sp³-hybridized carbons (Fsp3) is 0.714. The smallest absolute Gasteiger partial charge is 0.399 e. The van der Waals surface area contributed by atoms with Gasteiger partial charge < -0.3 is 14.0 Å². The minimum absolute atomic E-state index is 0.288. The fourth-order valence-electron chi connectivity index (χ4n) is 4.32. The number of hydrogen-bond acceptors (Lipinski definition) is 5. The molecule has 0 aromatic heterocycles. The van der Waals surface area contributed by atoms with E-state index in [0.29, 0.717) is 6.04 Å². The van der Waals surface area contributed by atoms with E-state index >= 15 is 0 Å². The van der Waals surface area contributed by atoms with Crippen molar-refractivity contribution in [3.63, 3.8) is 0 Å². The van der Waals surface area contributed by atoms with Gasteiger partial charge in [0.05, 0.1) is 24.4 Å². The molecule has 27 heavy (non-hydrogen) atoms. The van der Waals surface area contributed by atoms with Gasteiger partial charge in [-0.2, -0.15) is 0 Å². The molecule has 0 bridgehead atoms. The molecule has 1 atom stereocenters. The zero-order valence-corrected chi connectivity index (χ0v) is 17.2. The van der Waals surface area contributed by atoms with Crippen molar-refractivity contribution in [2.45, 2.75) is 57.9 Å². The van der Waals surface area contributed by atoms with E-state index in [1.165, 1.54) is 17.4 Å². The third-order valence-electron chi connectivity index (χ3n) is 6.77. The van der Waals surface area contributed by atoms with Crippen molar-refractivity contribution in [3.8, 4) is 0 Å². The summed E-state index contributed by atoms with van der Waals surface area (Å²) in [5.74, 6) is 0. The Balaban J connectivity index is 1.43. The number of benzene rings is 1. The molecule has 0 spiro atoms. The van der Waals surface area contributed by atoms with Crippen LogP contribution in [-0.4, -0.2) is 73.6 Å². The average molecular weight is 372 g/mol. The van der Waals surface area contributed by atoms with Gasteiger partial charge in [-0.25, -0.2) is 0 Å². The van der Waals surface area contributed by atoms with Gasteiger partial charge in [-0.15, -0.1) is 0 Å². The van der Waals surface area contributed by atoms with Crippen molar-refractivity contribution in [3.05, 3.63) is 29.8 Å². The summed E-state index contributed by atoms with van der Waals surface area (Å²) in [5, 5.41) is 0. The highest BCUT2D eigenvalue weighted by Crippen LogP contribution is 2.36. The normalized spacial score (nSPS) is 28.7. The molecule has 5 nitrogen and oxygen atoms in total. The Kier molecular flexibility index (Phi) is 5.38. The number of morpholine rings is 1. The fourth-order valence-corrected chi connectivity index (χ4v) is 4.32. The van der Waals surface area contributed by atoms with Crippen LogP contribution in [0.5, 0.6) is 0 Å². The largest absolute Gasteiger partial charge is 0.495 e. The quantitative estimate of drug-likeness (QED) is 0.755. The van der Waals surface area contributed by atoms with Crippen LogP contribution < -0.4 is 5.46 Å². The highest BCUT2D eigenvalue weighted by atomic mass is 16.7. The van der Waals surface area contributed by atoms with E-state index in [-0.39, 0.29) is 18.3 Å². The minimum atomic E-state index is -0.306. The lowest BCUT2D eigenvalue weighted by Crippen LogP contribution is -2.45. The van der Waals surface area contributed by atoms with E-state index in [4.69, 9.17) is 14.0 Å². The summed E-state index contributed by atoms with van der Waals surface area (Å²) in [6.07, 6.45) is 1.25. The Morgan fingerprint density at radius 1 is 1.00 bits per heavy atom. The summed E-state index contributed by atoms with van der Waals surface area (Å²) in [6.45, 7) is 15.6. The van der Waals surface area contributed by atoms with Crippen LogP contribution in [0.3, 0.4) is 0 Å². The molecule has 3 aliphatic heterocycles. The summed E-state index contributed by atoms with van der Waals surface area (Å²) in [7, 11) is -0.288. The van der Waals surface area contributed by atoms with Crippen LogP contribution >= 0.6 is 0 Å². The number of hydrogen-bond donors (Lipinski definition) is 0. The third kappa shape index (κ3) is 3.96. The van der Waals surface area contributed by atoms with Crippen molar-refractivity contribution in [1.82, 2.24) is 9.80 Å². The van der Waals surface area contributed by atoms with Crippen LogP contribution in [0.2, 0.25) is 0 Å². The topological polar surface area (TPSA) is 34.2 Å². The van der Waals surface area contributed by atoms with Gasteiger partial charge in [-0.05, 0) is 45.1 Å². The van der Waals surface area contributed by atoms with E-state index in [9.17, 15) is 0 Å². The summed E-state index contributed by atoms with van der Waals surface area (Å²) in [4.78, 5) is 5.17. The molecule has 1 aromatic carbocycles. The maximum Gasteiger partial charge on any atom is 0.495 e. The number of likely N-dealkylation sites (tertiary alicyclic amines) is 1. The van der Waals surface area contributed by atoms with Crippen molar-refractivity contribution in [2.75, 3.05) is 39.4 Å². The van der Waals surface area contributed by atoms with E-state index in [0.717, 1.165) is 45.9 Å². The molecular formula is C21H33BN2O3. The third-order valence-corrected chi connectivity index (χ3v) is 6.77. The number of nitrogens with zero attached hydrogens (tertiary/aromatic N) is 2. The molecule has 0 amide bonds. The first-order valence-corrected chi connectivity index (χ1v) is 10.3. The SMILES string of the molecule is CC1(C)OB(c2ccccc2CN2CCC(N3CCOCC3)C2)OC1(C)C. The molecule has 6 heteroatoms. The molecule has 1 aromatic rings. The van der Waals surface area contributed by atoms with Crippen LogP contribution in [0.1, 0.15) is 39.7 Å². The first-order chi connectivity index (χ1) is 12.9. The Morgan fingerprint density at radius 3 is 2.37 bits per heavy atom. The first kappa shape index (κ1) is 19.4. The summed E-state index contributed by atoms with van der Waals surface area (Å²) >= 11 is 0. The van der Waals surface area contributed by atoms with Gasteiger partial charge in [0, 0.05) is 38.8 Å². The zero-order valence-electron chi connectivity index (χ0n) is 17.2. The van der Waals surface area contributed by atoms with Gasteiger partial charge >= 0.3 is 7.12 Å². The molecule has 0 saturated carbocycles. The molecule has 0 N–H and O–H groups in total. The lowest BCUT2D eigenvalue weighted by molar-refractivity contribution is 0.00578. The lowest BCUT2D eigenvalue weighted by Gasteiger charge is -2.32. The summed E-state index contributed by atoms with van der Waals surface area (Å²) < 4.78 is 18.1. The summed E-state index contributed by atoms with van der Waals surface area (Å²) in [6, 6.07) is 9.26. The Morgan fingerprint density at radius 2 is 1.67 bits per heavy atom. The highest BCUT2D eigenvalue weighted by molar-refractivity contribution is 6.62. The van der Waals surface area contributed by atoms with Gasteiger partial charge in [0.25, 0.3) is 0 Å². The van der Waals surface area contributed by atoms with Gasteiger partial charge in [0.15, 0.2) is 0 Å².